The molecule has 30 heavy (non-hydrogen) atoms. The first-order chi connectivity index (χ1) is 14.6. The Kier molecular flexibility index (Phi) is 7.13. The maximum atomic E-state index is 12.6. The molecule has 0 aliphatic carbocycles. The normalized spacial score (nSPS) is 12.7. The summed E-state index contributed by atoms with van der Waals surface area (Å²) in [5, 5.41) is 11.9. The Bertz CT molecular complexity index is 914. The van der Waals surface area contributed by atoms with Crippen LogP contribution in [-0.4, -0.2) is 62.4 Å². The first-order valence-electron chi connectivity index (χ1n) is 9.69. The second-order valence-corrected chi connectivity index (χ2v) is 6.81. The minimum atomic E-state index is -0.590. The predicted molar refractivity (Wildman–Crippen MR) is 111 cm³/mol. The number of nitrogens with one attached hydrogen (secondary N) is 1. The smallest absolute Gasteiger partial charge is 0.340 e. The number of amides is 1. The van der Waals surface area contributed by atoms with Gasteiger partial charge < -0.3 is 29.5 Å². The van der Waals surface area contributed by atoms with Gasteiger partial charge in [-0.05, 0) is 41.8 Å². The highest BCUT2D eigenvalue weighted by atomic mass is 16.5. The lowest BCUT2D eigenvalue weighted by Gasteiger charge is -2.29. The number of methoxy groups -OCH3 is 2. The van der Waals surface area contributed by atoms with Gasteiger partial charge in [-0.1, -0.05) is 12.1 Å². The van der Waals surface area contributed by atoms with Crippen LogP contribution < -0.4 is 14.8 Å². The number of hydrogen-bond acceptors (Lipinski definition) is 7. The van der Waals surface area contributed by atoms with E-state index in [0.29, 0.717) is 48.8 Å². The number of carbonyl (C=O) groups excluding carboxylic acids is 2. The number of hydrogen-bond donors (Lipinski definition) is 2. The summed E-state index contributed by atoms with van der Waals surface area (Å²) < 4.78 is 15.9. The van der Waals surface area contributed by atoms with E-state index >= 15 is 0 Å². The number of anilines is 1. The van der Waals surface area contributed by atoms with Gasteiger partial charge in [-0.25, -0.2) is 4.79 Å². The van der Waals surface area contributed by atoms with Crippen molar-refractivity contribution in [1.29, 1.82) is 0 Å². The van der Waals surface area contributed by atoms with Gasteiger partial charge in [0.05, 0.1) is 26.4 Å². The molecule has 1 amide bonds. The molecule has 1 aliphatic heterocycles. The fraction of sp³-hybridized carbons (Fsp3) is 0.364. The van der Waals surface area contributed by atoms with Gasteiger partial charge in [-0.2, -0.15) is 0 Å². The molecule has 1 heterocycles. The molecule has 0 fully saturated rings. The lowest BCUT2D eigenvalue weighted by atomic mass is 9.99. The second kappa shape index (κ2) is 9.98. The summed E-state index contributed by atoms with van der Waals surface area (Å²) in [5.41, 5.74) is 2.96. The molecule has 3 rings (SSSR count). The minimum Gasteiger partial charge on any atom is -0.493 e. The van der Waals surface area contributed by atoms with E-state index in [-0.39, 0.29) is 19.1 Å². The third kappa shape index (κ3) is 4.83. The zero-order valence-corrected chi connectivity index (χ0v) is 17.1. The van der Waals surface area contributed by atoms with Crippen molar-refractivity contribution in [2.75, 3.05) is 45.8 Å². The minimum absolute atomic E-state index is 0.0606. The molecule has 2 N–H and O–H groups in total. The summed E-state index contributed by atoms with van der Waals surface area (Å²) in [6, 6.07) is 10.6. The van der Waals surface area contributed by atoms with Crippen molar-refractivity contribution < 1.29 is 28.9 Å². The van der Waals surface area contributed by atoms with Crippen LogP contribution in [0.4, 0.5) is 5.69 Å². The Morgan fingerprint density at radius 3 is 2.50 bits per heavy atom. The number of aliphatic hydroxyl groups is 1. The summed E-state index contributed by atoms with van der Waals surface area (Å²) in [6.07, 6.45) is 0.684. The molecule has 0 atom stereocenters. The number of benzene rings is 2. The van der Waals surface area contributed by atoms with Gasteiger partial charge in [-0.3, -0.25) is 4.79 Å². The van der Waals surface area contributed by atoms with Gasteiger partial charge in [0.15, 0.2) is 18.1 Å². The van der Waals surface area contributed by atoms with Crippen molar-refractivity contribution in [3.63, 3.8) is 0 Å². The lowest BCUT2D eigenvalue weighted by Crippen LogP contribution is -2.38. The molecular weight excluding hydrogens is 388 g/mol. The Morgan fingerprint density at radius 2 is 1.80 bits per heavy atom. The number of ether oxygens (including phenoxy) is 3. The Balaban J connectivity index is 1.62. The predicted octanol–water partition coefficient (Wildman–Crippen LogP) is 1.85. The topological polar surface area (TPSA) is 97.3 Å². The number of nitrogens with zero attached hydrogens (tertiary/aromatic N) is 1. The molecule has 0 bridgehead atoms. The molecule has 0 saturated carbocycles. The van der Waals surface area contributed by atoms with Gasteiger partial charge in [0.25, 0.3) is 5.91 Å². The molecule has 160 valence electrons. The molecule has 2 aromatic carbocycles. The molecule has 0 saturated heterocycles. The van der Waals surface area contributed by atoms with E-state index in [2.05, 4.69) is 5.32 Å². The van der Waals surface area contributed by atoms with Crippen LogP contribution in [-0.2, 0) is 22.5 Å². The third-order valence-electron chi connectivity index (χ3n) is 4.97. The van der Waals surface area contributed by atoms with Crippen LogP contribution in [0.5, 0.6) is 11.5 Å². The van der Waals surface area contributed by atoms with Crippen molar-refractivity contribution in [3.05, 3.63) is 53.1 Å². The Morgan fingerprint density at radius 1 is 1.10 bits per heavy atom. The van der Waals surface area contributed by atoms with Gasteiger partial charge >= 0.3 is 5.97 Å². The molecule has 8 nitrogen and oxygen atoms in total. The van der Waals surface area contributed by atoms with Gasteiger partial charge in [0, 0.05) is 25.3 Å². The Labute approximate surface area is 175 Å². The summed E-state index contributed by atoms with van der Waals surface area (Å²) >= 11 is 0. The number of esters is 1. The first-order valence-corrected chi connectivity index (χ1v) is 9.69. The van der Waals surface area contributed by atoms with Crippen LogP contribution in [0.1, 0.15) is 21.5 Å². The van der Waals surface area contributed by atoms with Crippen LogP contribution in [0.2, 0.25) is 0 Å². The van der Waals surface area contributed by atoms with Gasteiger partial charge in [0.2, 0.25) is 0 Å². The largest absolute Gasteiger partial charge is 0.493 e. The van der Waals surface area contributed by atoms with E-state index in [1.54, 1.807) is 43.4 Å². The zero-order valence-electron chi connectivity index (χ0n) is 17.1. The molecule has 1 aliphatic rings. The molecule has 0 aromatic heterocycles. The van der Waals surface area contributed by atoms with Gasteiger partial charge in [-0.15, -0.1) is 0 Å². The summed E-state index contributed by atoms with van der Waals surface area (Å²) in [7, 11) is 3.16. The molecule has 0 unspecified atom stereocenters. The lowest BCUT2D eigenvalue weighted by molar-refractivity contribution is -0.135. The average Bonchev–Trinajstić information content (AvgIpc) is 2.79. The summed E-state index contributed by atoms with van der Waals surface area (Å²) in [5.74, 6) is 0.431. The second-order valence-electron chi connectivity index (χ2n) is 6.81. The van der Waals surface area contributed by atoms with E-state index in [0.717, 1.165) is 11.1 Å². The van der Waals surface area contributed by atoms with Crippen molar-refractivity contribution in [2.24, 2.45) is 0 Å². The van der Waals surface area contributed by atoms with Crippen molar-refractivity contribution in [1.82, 2.24) is 4.90 Å². The highest BCUT2D eigenvalue weighted by Gasteiger charge is 2.24. The fourth-order valence-corrected chi connectivity index (χ4v) is 3.40. The van der Waals surface area contributed by atoms with Crippen molar-refractivity contribution in [3.8, 4) is 11.5 Å². The van der Waals surface area contributed by atoms with Crippen LogP contribution in [0.25, 0.3) is 0 Å². The average molecular weight is 414 g/mol. The Hall–Kier alpha value is -3.26. The number of rotatable bonds is 8. The monoisotopic (exact) mass is 414 g/mol. The fourth-order valence-electron chi connectivity index (χ4n) is 3.40. The van der Waals surface area contributed by atoms with Crippen LogP contribution in [0.3, 0.4) is 0 Å². The summed E-state index contributed by atoms with van der Waals surface area (Å²) in [4.78, 5) is 26.7. The van der Waals surface area contributed by atoms with Crippen molar-refractivity contribution in [2.45, 2.75) is 13.0 Å². The first kappa shape index (κ1) is 21.4. The van der Waals surface area contributed by atoms with E-state index in [9.17, 15) is 9.59 Å². The SMILES string of the molecule is COc1cc2c(cc1OC)CN(C(=O)COC(=O)c1ccccc1NCCO)CC2. The van der Waals surface area contributed by atoms with Crippen molar-refractivity contribution >= 4 is 17.6 Å². The molecule has 0 spiro atoms. The zero-order chi connectivity index (χ0) is 21.5. The maximum absolute atomic E-state index is 12.6. The maximum Gasteiger partial charge on any atom is 0.340 e. The van der Waals surface area contributed by atoms with E-state index in [1.807, 2.05) is 12.1 Å². The van der Waals surface area contributed by atoms with E-state index in [4.69, 9.17) is 19.3 Å². The molecular formula is C22H26N2O6. The van der Waals surface area contributed by atoms with Gasteiger partial charge in [0.1, 0.15) is 0 Å². The number of fused-ring (bicyclic) bond motifs is 1. The highest BCUT2D eigenvalue weighted by Crippen LogP contribution is 2.33. The number of aliphatic hydroxyl groups excluding tert-OH is 1. The number of para-hydroxylation sites is 1. The standard InChI is InChI=1S/C22H26N2O6/c1-28-19-11-15-7-9-24(13-16(15)12-20(19)29-2)21(26)14-30-22(27)17-5-3-4-6-18(17)23-8-10-25/h3-6,11-12,23,25H,7-10,13-14H2,1-2H3. The van der Waals surface area contributed by atoms with Crippen LogP contribution >= 0.6 is 0 Å². The third-order valence-corrected chi connectivity index (χ3v) is 4.97. The number of carbonyl (C=O) groups is 2. The molecule has 8 heteroatoms. The van der Waals surface area contributed by atoms with E-state index in [1.165, 1.54) is 0 Å². The molecule has 0 radical (unpaired) electrons. The molecule has 2 aromatic rings. The quantitative estimate of drug-likeness (QED) is 0.636. The van der Waals surface area contributed by atoms with Crippen LogP contribution in [0, 0.1) is 0 Å². The summed E-state index contributed by atoms with van der Waals surface area (Å²) in [6.45, 7) is 0.865. The van der Waals surface area contributed by atoms with E-state index < -0.39 is 5.97 Å². The highest BCUT2D eigenvalue weighted by molar-refractivity contribution is 5.96. The van der Waals surface area contributed by atoms with Crippen LogP contribution in [0.15, 0.2) is 36.4 Å².